The second-order valence-electron chi connectivity index (χ2n) is 6.22. The minimum absolute atomic E-state index is 0.204. The molecule has 7 nitrogen and oxygen atoms in total. The van der Waals surface area contributed by atoms with E-state index in [0.29, 0.717) is 12.2 Å². The van der Waals surface area contributed by atoms with E-state index in [-0.39, 0.29) is 6.10 Å². The van der Waals surface area contributed by atoms with Crippen LogP contribution in [-0.2, 0) is 21.3 Å². The number of hydrogen-bond acceptors (Lipinski definition) is 5. The Morgan fingerprint density at radius 3 is 2.88 bits per heavy atom. The summed E-state index contributed by atoms with van der Waals surface area (Å²) >= 11 is 0. The number of rotatable bonds is 5. The van der Waals surface area contributed by atoms with Crippen molar-refractivity contribution in [2.75, 3.05) is 17.6 Å². The van der Waals surface area contributed by atoms with E-state index < -0.39 is 10.0 Å². The first-order valence-electron chi connectivity index (χ1n) is 8.01. The van der Waals surface area contributed by atoms with E-state index in [1.54, 1.807) is 12.1 Å². The molecule has 130 valence electrons. The van der Waals surface area contributed by atoms with Crippen LogP contribution in [0.15, 0.2) is 24.4 Å². The quantitative estimate of drug-likeness (QED) is 0.893. The maximum absolute atomic E-state index is 11.3. The predicted octanol–water partition coefficient (Wildman–Crippen LogP) is 2.19. The van der Waals surface area contributed by atoms with Crippen LogP contribution >= 0.6 is 0 Å². The van der Waals surface area contributed by atoms with E-state index in [4.69, 9.17) is 4.74 Å². The molecule has 0 aliphatic carbocycles. The van der Waals surface area contributed by atoms with Gasteiger partial charge in [-0.25, -0.2) is 13.1 Å². The molecule has 1 saturated heterocycles. The Labute approximate surface area is 142 Å². The second-order valence-corrected chi connectivity index (χ2v) is 7.97. The molecular formula is C16H22N4O3S. The van der Waals surface area contributed by atoms with Crippen LogP contribution in [0.25, 0.3) is 11.3 Å². The lowest BCUT2D eigenvalue weighted by Crippen LogP contribution is -2.24. The lowest BCUT2D eigenvalue weighted by molar-refractivity contribution is 0.00370. The van der Waals surface area contributed by atoms with Crippen LogP contribution in [-0.4, -0.2) is 42.4 Å². The van der Waals surface area contributed by atoms with Gasteiger partial charge >= 0.3 is 0 Å². The molecule has 1 aliphatic heterocycles. The number of ether oxygens (including phenoxy) is 1. The second kappa shape index (κ2) is 6.90. The summed E-state index contributed by atoms with van der Waals surface area (Å²) < 4.78 is 32.6. The van der Waals surface area contributed by atoms with Crippen LogP contribution in [0.3, 0.4) is 0 Å². The number of aromatic nitrogens is 3. The highest BCUT2D eigenvalue weighted by atomic mass is 32.2. The fraction of sp³-hybridized carbons (Fsp3) is 0.500. The van der Waals surface area contributed by atoms with E-state index >= 15 is 0 Å². The smallest absolute Gasteiger partial charge is 0.229 e. The van der Waals surface area contributed by atoms with Crippen molar-refractivity contribution in [3.8, 4) is 11.3 Å². The van der Waals surface area contributed by atoms with Gasteiger partial charge in [0.2, 0.25) is 10.0 Å². The van der Waals surface area contributed by atoms with E-state index in [9.17, 15) is 8.42 Å². The third kappa shape index (κ3) is 4.33. The molecule has 24 heavy (non-hydrogen) atoms. The van der Waals surface area contributed by atoms with Crippen LogP contribution in [0.2, 0.25) is 0 Å². The Morgan fingerprint density at radius 1 is 1.38 bits per heavy atom. The number of benzene rings is 1. The van der Waals surface area contributed by atoms with Gasteiger partial charge in [-0.3, -0.25) is 4.72 Å². The van der Waals surface area contributed by atoms with Gasteiger partial charge in [-0.1, -0.05) is 11.3 Å². The zero-order valence-corrected chi connectivity index (χ0v) is 14.7. The summed E-state index contributed by atoms with van der Waals surface area (Å²) in [6.07, 6.45) is 6.63. The van der Waals surface area contributed by atoms with Crippen LogP contribution in [0, 0.1) is 6.92 Å². The van der Waals surface area contributed by atoms with Gasteiger partial charge in [-0.05, 0) is 43.9 Å². The molecule has 0 spiro atoms. The van der Waals surface area contributed by atoms with Gasteiger partial charge in [-0.15, -0.1) is 5.10 Å². The number of sulfonamides is 1. The molecule has 2 heterocycles. The number of nitrogens with one attached hydrogen (secondary N) is 1. The highest BCUT2D eigenvalue weighted by Gasteiger charge is 2.16. The van der Waals surface area contributed by atoms with Crippen LogP contribution in [0.5, 0.6) is 0 Å². The maximum Gasteiger partial charge on any atom is 0.229 e. The highest BCUT2D eigenvalue weighted by Crippen LogP contribution is 2.25. The predicted molar refractivity (Wildman–Crippen MR) is 92.3 cm³/mol. The largest absolute Gasteiger partial charge is 0.376 e. The van der Waals surface area contributed by atoms with Gasteiger partial charge in [0.25, 0.3) is 0 Å². The van der Waals surface area contributed by atoms with Crippen molar-refractivity contribution in [1.82, 2.24) is 15.0 Å². The molecule has 1 aromatic heterocycles. The number of hydrogen-bond donors (Lipinski definition) is 1. The van der Waals surface area contributed by atoms with Crippen molar-refractivity contribution >= 4 is 15.7 Å². The van der Waals surface area contributed by atoms with E-state index in [0.717, 1.165) is 42.5 Å². The van der Waals surface area contributed by atoms with Crippen LogP contribution < -0.4 is 4.72 Å². The topological polar surface area (TPSA) is 86.1 Å². The van der Waals surface area contributed by atoms with Crippen molar-refractivity contribution < 1.29 is 13.2 Å². The van der Waals surface area contributed by atoms with Crippen molar-refractivity contribution in [2.45, 2.75) is 38.8 Å². The third-order valence-electron chi connectivity index (χ3n) is 4.01. The minimum Gasteiger partial charge on any atom is -0.376 e. The normalized spacial score (nSPS) is 18.5. The molecule has 2 aromatic rings. The maximum atomic E-state index is 11.3. The Bertz CT molecular complexity index is 810. The molecule has 1 aliphatic rings. The molecule has 8 heteroatoms. The number of anilines is 1. The SMILES string of the molecule is Cc1cc(NS(C)(=O)=O)ccc1-c1cn(C[C@H]2CCCCO2)nn1. The summed E-state index contributed by atoms with van der Waals surface area (Å²) in [6.45, 7) is 3.45. The third-order valence-corrected chi connectivity index (χ3v) is 4.62. The van der Waals surface area contributed by atoms with Gasteiger partial charge in [0.15, 0.2) is 0 Å². The Morgan fingerprint density at radius 2 is 2.21 bits per heavy atom. The molecule has 1 fully saturated rings. The fourth-order valence-corrected chi connectivity index (χ4v) is 3.45. The fourth-order valence-electron chi connectivity index (χ4n) is 2.90. The molecular weight excluding hydrogens is 328 g/mol. The van der Waals surface area contributed by atoms with Gasteiger partial charge in [0.1, 0.15) is 5.69 Å². The first-order valence-corrected chi connectivity index (χ1v) is 9.90. The summed E-state index contributed by atoms with van der Waals surface area (Å²) in [7, 11) is -3.28. The zero-order valence-electron chi connectivity index (χ0n) is 13.9. The highest BCUT2D eigenvalue weighted by molar-refractivity contribution is 7.92. The van der Waals surface area contributed by atoms with Gasteiger partial charge in [0.05, 0.1) is 25.1 Å². The first kappa shape index (κ1) is 16.9. The number of nitrogens with zero attached hydrogens (tertiary/aromatic N) is 3. The molecule has 0 radical (unpaired) electrons. The Balaban J connectivity index is 1.74. The minimum atomic E-state index is -3.28. The van der Waals surface area contributed by atoms with E-state index in [1.807, 2.05) is 23.9 Å². The molecule has 3 rings (SSSR count). The first-order chi connectivity index (χ1) is 11.4. The Hall–Kier alpha value is -1.93. The summed E-state index contributed by atoms with van der Waals surface area (Å²) in [4.78, 5) is 0. The van der Waals surface area contributed by atoms with Gasteiger partial charge in [0, 0.05) is 17.9 Å². The number of aryl methyl sites for hydroxylation is 1. The molecule has 0 bridgehead atoms. The van der Waals surface area contributed by atoms with Crippen molar-refractivity contribution in [3.05, 3.63) is 30.0 Å². The monoisotopic (exact) mass is 350 g/mol. The molecule has 0 unspecified atom stereocenters. The summed E-state index contributed by atoms with van der Waals surface area (Å²) in [5.74, 6) is 0. The molecule has 1 aromatic carbocycles. The average molecular weight is 350 g/mol. The standard InChI is InChI=1S/C16H22N4O3S/c1-12-9-13(18-24(2,21)22)6-7-15(12)16-11-20(19-17-16)10-14-5-3-4-8-23-14/h6-7,9,11,14,18H,3-5,8,10H2,1-2H3/t14-/m1/s1. The van der Waals surface area contributed by atoms with Gasteiger partial charge in [-0.2, -0.15) is 0 Å². The average Bonchev–Trinajstić information content (AvgIpc) is 2.95. The lowest BCUT2D eigenvalue weighted by atomic mass is 10.1. The van der Waals surface area contributed by atoms with Crippen molar-refractivity contribution in [2.24, 2.45) is 0 Å². The van der Waals surface area contributed by atoms with Gasteiger partial charge < -0.3 is 4.74 Å². The van der Waals surface area contributed by atoms with Crippen molar-refractivity contribution in [1.29, 1.82) is 0 Å². The molecule has 1 atom stereocenters. The molecule has 0 saturated carbocycles. The zero-order chi connectivity index (χ0) is 17.2. The molecule has 0 amide bonds. The van der Waals surface area contributed by atoms with E-state index in [1.165, 1.54) is 6.42 Å². The van der Waals surface area contributed by atoms with Crippen LogP contribution in [0.1, 0.15) is 24.8 Å². The lowest BCUT2D eigenvalue weighted by Gasteiger charge is -2.21. The summed E-state index contributed by atoms with van der Waals surface area (Å²) in [5, 5.41) is 8.42. The summed E-state index contributed by atoms with van der Waals surface area (Å²) in [5.41, 5.74) is 3.19. The van der Waals surface area contributed by atoms with E-state index in [2.05, 4.69) is 15.0 Å². The molecule has 1 N–H and O–H groups in total. The summed E-state index contributed by atoms with van der Waals surface area (Å²) in [6, 6.07) is 5.38. The van der Waals surface area contributed by atoms with Crippen molar-refractivity contribution in [3.63, 3.8) is 0 Å². The Kier molecular flexibility index (Phi) is 4.86. The van der Waals surface area contributed by atoms with Crippen LogP contribution in [0.4, 0.5) is 5.69 Å².